The Morgan fingerprint density at radius 3 is 2.86 bits per heavy atom. The molecule has 0 radical (unpaired) electrons. The smallest absolute Gasteiger partial charge is 0.312 e. The second-order valence-corrected chi connectivity index (χ2v) is 2.80. The van der Waals surface area contributed by atoms with Crippen LogP contribution in [-0.4, -0.2) is 17.7 Å². The molecule has 4 N–H and O–H groups in total. The molecule has 0 aliphatic carbocycles. The van der Waals surface area contributed by atoms with Crippen LogP contribution in [0.4, 0.5) is 9.18 Å². The Kier molecular flexibility index (Phi) is 3.41. The molecule has 0 heterocycles. The lowest BCUT2D eigenvalue weighted by atomic mass is 10.1. The Hall–Kier alpha value is -1.62. The first-order valence-corrected chi connectivity index (χ1v) is 4.05. The highest BCUT2D eigenvalue weighted by molar-refractivity contribution is 5.72. The summed E-state index contributed by atoms with van der Waals surface area (Å²) in [6.07, 6.45) is 0. The molecule has 76 valence electrons. The van der Waals surface area contributed by atoms with Crippen LogP contribution in [0, 0.1) is 5.82 Å². The van der Waals surface area contributed by atoms with E-state index in [-0.39, 0.29) is 6.61 Å². The molecule has 14 heavy (non-hydrogen) atoms. The third-order valence-corrected chi connectivity index (χ3v) is 1.75. The predicted molar refractivity (Wildman–Crippen MR) is 48.9 cm³/mol. The number of rotatable bonds is 3. The van der Waals surface area contributed by atoms with E-state index in [0.29, 0.717) is 5.56 Å². The molecule has 1 unspecified atom stereocenters. The number of nitrogens with one attached hydrogen (secondary N) is 1. The number of aliphatic hydroxyl groups excluding tert-OH is 1. The van der Waals surface area contributed by atoms with Crippen LogP contribution in [0.15, 0.2) is 24.3 Å². The highest BCUT2D eigenvalue weighted by Crippen LogP contribution is 2.13. The number of hydrogen-bond donors (Lipinski definition) is 3. The molecule has 0 saturated heterocycles. The van der Waals surface area contributed by atoms with E-state index in [2.05, 4.69) is 5.32 Å². The van der Waals surface area contributed by atoms with Gasteiger partial charge < -0.3 is 16.2 Å². The molecular weight excluding hydrogens is 187 g/mol. The van der Waals surface area contributed by atoms with Gasteiger partial charge in [-0.05, 0) is 17.7 Å². The van der Waals surface area contributed by atoms with Gasteiger partial charge in [-0.25, -0.2) is 9.18 Å². The van der Waals surface area contributed by atoms with E-state index in [1.54, 1.807) is 6.07 Å². The molecule has 0 aliphatic rings. The average Bonchev–Trinajstić information content (AvgIpc) is 2.14. The largest absolute Gasteiger partial charge is 0.394 e. The monoisotopic (exact) mass is 198 g/mol. The lowest BCUT2D eigenvalue weighted by Crippen LogP contribution is -2.34. The van der Waals surface area contributed by atoms with Crippen LogP contribution in [0.25, 0.3) is 0 Å². The van der Waals surface area contributed by atoms with Crippen LogP contribution < -0.4 is 11.1 Å². The summed E-state index contributed by atoms with van der Waals surface area (Å²) in [6, 6.07) is 4.19. The molecular formula is C9H11FN2O2. The van der Waals surface area contributed by atoms with Crippen molar-refractivity contribution < 1.29 is 14.3 Å². The van der Waals surface area contributed by atoms with E-state index in [0.717, 1.165) is 0 Å². The third kappa shape index (κ3) is 2.70. The van der Waals surface area contributed by atoms with Gasteiger partial charge in [-0.3, -0.25) is 0 Å². The Morgan fingerprint density at radius 1 is 1.64 bits per heavy atom. The molecule has 0 aromatic heterocycles. The van der Waals surface area contributed by atoms with E-state index in [4.69, 9.17) is 10.8 Å². The molecule has 1 aromatic rings. The van der Waals surface area contributed by atoms with Crippen LogP contribution in [0.5, 0.6) is 0 Å². The number of benzene rings is 1. The zero-order valence-corrected chi connectivity index (χ0v) is 7.40. The topological polar surface area (TPSA) is 75.4 Å². The van der Waals surface area contributed by atoms with Crippen molar-refractivity contribution in [1.29, 1.82) is 0 Å². The molecule has 2 amide bonds. The molecule has 0 fully saturated rings. The van der Waals surface area contributed by atoms with E-state index < -0.39 is 17.9 Å². The van der Waals surface area contributed by atoms with Crippen molar-refractivity contribution in [2.45, 2.75) is 6.04 Å². The quantitative estimate of drug-likeness (QED) is 0.662. The second-order valence-electron chi connectivity index (χ2n) is 2.80. The summed E-state index contributed by atoms with van der Waals surface area (Å²) in [5.41, 5.74) is 5.37. The highest BCUT2D eigenvalue weighted by atomic mass is 19.1. The Labute approximate surface area is 80.5 Å². The average molecular weight is 198 g/mol. The van der Waals surface area contributed by atoms with Gasteiger partial charge in [-0.15, -0.1) is 0 Å². The molecule has 4 nitrogen and oxygen atoms in total. The number of hydrogen-bond acceptors (Lipinski definition) is 2. The van der Waals surface area contributed by atoms with Crippen molar-refractivity contribution in [3.05, 3.63) is 35.6 Å². The zero-order chi connectivity index (χ0) is 10.6. The van der Waals surface area contributed by atoms with E-state index in [1.165, 1.54) is 18.2 Å². The van der Waals surface area contributed by atoms with Gasteiger partial charge in [0.25, 0.3) is 0 Å². The summed E-state index contributed by atoms with van der Waals surface area (Å²) in [4.78, 5) is 10.5. The minimum atomic E-state index is -0.756. The van der Waals surface area contributed by atoms with Gasteiger partial charge in [-0.2, -0.15) is 0 Å². The fraction of sp³-hybridized carbons (Fsp3) is 0.222. The molecule has 0 spiro atoms. The minimum Gasteiger partial charge on any atom is -0.394 e. The number of nitrogens with two attached hydrogens (primary N) is 1. The first kappa shape index (κ1) is 10.5. The van der Waals surface area contributed by atoms with Gasteiger partial charge in [0.1, 0.15) is 5.82 Å². The van der Waals surface area contributed by atoms with Crippen LogP contribution >= 0.6 is 0 Å². The van der Waals surface area contributed by atoms with Gasteiger partial charge >= 0.3 is 6.03 Å². The molecule has 1 atom stereocenters. The fourth-order valence-corrected chi connectivity index (χ4v) is 1.13. The van der Waals surface area contributed by atoms with Crippen molar-refractivity contribution in [2.24, 2.45) is 5.73 Å². The molecule has 0 bridgehead atoms. The third-order valence-electron chi connectivity index (χ3n) is 1.75. The highest BCUT2D eigenvalue weighted by Gasteiger charge is 2.11. The summed E-state index contributed by atoms with van der Waals surface area (Å²) in [7, 11) is 0. The van der Waals surface area contributed by atoms with Crippen molar-refractivity contribution in [3.63, 3.8) is 0 Å². The Balaban J connectivity index is 2.83. The second kappa shape index (κ2) is 4.57. The maximum absolute atomic E-state index is 12.8. The number of halogens is 1. The molecule has 0 saturated carbocycles. The summed E-state index contributed by atoms with van der Waals surface area (Å²) >= 11 is 0. The number of urea groups is 1. The number of carbonyl (C=O) groups excluding carboxylic acids is 1. The Morgan fingerprint density at radius 2 is 2.36 bits per heavy atom. The minimum absolute atomic E-state index is 0.327. The molecule has 0 aliphatic heterocycles. The van der Waals surface area contributed by atoms with Gasteiger partial charge in [0.15, 0.2) is 0 Å². The van der Waals surface area contributed by atoms with Gasteiger partial charge in [-0.1, -0.05) is 12.1 Å². The van der Waals surface area contributed by atoms with E-state index in [9.17, 15) is 9.18 Å². The number of amides is 2. The first-order valence-electron chi connectivity index (χ1n) is 4.05. The number of carbonyl (C=O) groups is 1. The van der Waals surface area contributed by atoms with Gasteiger partial charge in [0.2, 0.25) is 0 Å². The predicted octanol–water partition coefficient (Wildman–Crippen LogP) is 0.527. The standard InChI is InChI=1S/C9H11FN2O2/c10-7-3-1-2-6(4-7)8(5-13)12-9(11)14/h1-4,8,13H,5H2,(H3,11,12,14). The van der Waals surface area contributed by atoms with Crippen molar-refractivity contribution in [1.82, 2.24) is 5.32 Å². The van der Waals surface area contributed by atoms with Gasteiger partial charge in [0.05, 0.1) is 12.6 Å². The molecule has 1 rings (SSSR count). The van der Waals surface area contributed by atoms with Crippen molar-refractivity contribution in [2.75, 3.05) is 6.61 Å². The fourth-order valence-electron chi connectivity index (χ4n) is 1.13. The van der Waals surface area contributed by atoms with Crippen molar-refractivity contribution in [3.8, 4) is 0 Å². The number of primary amides is 1. The number of aliphatic hydroxyl groups is 1. The van der Waals surface area contributed by atoms with Gasteiger partial charge in [0, 0.05) is 0 Å². The van der Waals surface area contributed by atoms with Crippen LogP contribution in [0.1, 0.15) is 11.6 Å². The maximum Gasteiger partial charge on any atom is 0.312 e. The summed E-state index contributed by atoms with van der Waals surface area (Å²) < 4.78 is 12.8. The van der Waals surface area contributed by atoms with Crippen LogP contribution in [0.2, 0.25) is 0 Å². The summed E-state index contributed by atoms with van der Waals surface area (Å²) in [6.45, 7) is -0.327. The Bertz CT molecular complexity index is 330. The maximum atomic E-state index is 12.8. The molecule has 5 heteroatoms. The van der Waals surface area contributed by atoms with E-state index in [1.807, 2.05) is 0 Å². The van der Waals surface area contributed by atoms with Crippen LogP contribution in [-0.2, 0) is 0 Å². The van der Waals surface area contributed by atoms with Crippen LogP contribution in [0.3, 0.4) is 0 Å². The molecule has 1 aromatic carbocycles. The summed E-state index contributed by atoms with van der Waals surface area (Å²) in [5, 5.41) is 11.2. The first-order chi connectivity index (χ1) is 6.63. The normalized spacial score (nSPS) is 12.1. The SMILES string of the molecule is NC(=O)NC(CO)c1cccc(F)c1. The zero-order valence-electron chi connectivity index (χ0n) is 7.40. The van der Waals surface area contributed by atoms with E-state index >= 15 is 0 Å². The lowest BCUT2D eigenvalue weighted by Gasteiger charge is -2.14. The summed E-state index contributed by atoms with van der Waals surface area (Å²) in [5.74, 6) is -0.424. The lowest BCUT2D eigenvalue weighted by molar-refractivity contribution is 0.223. The van der Waals surface area contributed by atoms with Crippen molar-refractivity contribution >= 4 is 6.03 Å².